The molecule has 0 aliphatic carbocycles. The van der Waals surface area contributed by atoms with Gasteiger partial charge in [0.15, 0.2) is 0 Å². The molecule has 1 nitrogen and oxygen atoms in total. The molecule has 1 N–H and O–H groups in total. The maximum Gasteiger partial charge on any atom is 0.0474 e. The van der Waals surface area contributed by atoms with Crippen LogP contribution in [-0.4, -0.2) is 4.98 Å². The van der Waals surface area contributed by atoms with Crippen molar-refractivity contribution in [1.29, 1.82) is 0 Å². The second-order valence-electron chi connectivity index (χ2n) is 6.49. The zero-order valence-electron chi connectivity index (χ0n) is 13.7. The predicted molar refractivity (Wildman–Crippen MR) is 101 cm³/mol. The molecular formula is C22H23N. The highest BCUT2D eigenvalue weighted by Crippen LogP contribution is 2.34. The van der Waals surface area contributed by atoms with Crippen molar-refractivity contribution < 1.29 is 0 Å². The number of para-hydroxylation sites is 1. The van der Waals surface area contributed by atoms with Gasteiger partial charge in [0.25, 0.3) is 0 Å². The summed E-state index contributed by atoms with van der Waals surface area (Å²) < 4.78 is 0. The van der Waals surface area contributed by atoms with Gasteiger partial charge >= 0.3 is 0 Å². The average molecular weight is 301 g/mol. The predicted octanol–water partition coefficient (Wildman–Crippen LogP) is 6.60. The van der Waals surface area contributed by atoms with Crippen molar-refractivity contribution in [3.05, 3.63) is 60.2 Å². The molecule has 0 aliphatic heterocycles. The van der Waals surface area contributed by atoms with E-state index in [1.165, 1.54) is 70.2 Å². The van der Waals surface area contributed by atoms with E-state index in [0.717, 1.165) is 0 Å². The highest BCUT2D eigenvalue weighted by atomic mass is 14.7. The number of unbranched alkanes of at least 4 members (excludes halogenated alkanes) is 3. The molecule has 4 aromatic rings. The smallest absolute Gasteiger partial charge is 0.0474 e. The summed E-state index contributed by atoms with van der Waals surface area (Å²) in [5.74, 6) is 0. The number of aromatic nitrogens is 1. The molecule has 3 aromatic carbocycles. The van der Waals surface area contributed by atoms with Crippen LogP contribution in [0.1, 0.15) is 38.2 Å². The minimum Gasteiger partial charge on any atom is -0.354 e. The molecule has 0 bridgehead atoms. The number of hydrogen-bond acceptors (Lipinski definition) is 0. The van der Waals surface area contributed by atoms with Crippen LogP contribution in [0.4, 0.5) is 0 Å². The van der Waals surface area contributed by atoms with Crippen LogP contribution >= 0.6 is 0 Å². The van der Waals surface area contributed by atoms with Gasteiger partial charge in [-0.3, -0.25) is 0 Å². The molecule has 0 amide bonds. The second-order valence-corrected chi connectivity index (χ2v) is 6.49. The molecule has 0 atom stereocenters. The van der Waals surface area contributed by atoms with Gasteiger partial charge in [-0.05, 0) is 41.3 Å². The quantitative estimate of drug-likeness (QED) is 0.400. The van der Waals surface area contributed by atoms with E-state index in [1.807, 2.05) is 0 Å². The summed E-state index contributed by atoms with van der Waals surface area (Å²) in [6, 6.07) is 19.9. The van der Waals surface area contributed by atoms with Gasteiger partial charge in [0.1, 0.15) is 0 Å². The third-order valence-electron chi connectivity index (χ3n) is 4.90. The largest absolute Gasteiger partial charge is 0.354 e. The molecule has 0 fully saturated rings. The van der Waals surface area contributed by atoms with Crippen LogP contribution in [-0.2, 0) is 6.42 Å². The number of nitrogens with one attached hydrogen (secondary N) is 1. The van der Waals surface area contributed by atoms with Crippen LogP contribution < -0.4 is 0 Å². The van der Waals surface area contributed by atoms with Crippen molar-refractivity contribution in [2.45, 2.75) is 39.0 Å². The van der Waals surface area contributed by atoms with Gasteiger partial charge in [-0.25, -0.2) is 0 Å². The van der Waals surface area contributed by atoms with E-state index in [-0.39, 0.29) is 0 Å². The molecule has 4 rings (SSSR count). The summed E-state index contributed by atoms with van der Waals surface area (Å²) in [7, 11) is 0. The number of fused-ring (bicyclic) bond motifs is 5. The SMILES string of the molecule is CCCCCCc1cc2[nH]c3ccccc3c2c2ccccc12. The zero-order valence-corrected chi connectivity index (χ0v) is 13.7. The number of aromatic amines is 1. The molecule has 1 heteroatoms. The number of aryl methyl sites for hydroxylation is 1. The minimum absolute atomic E-state index is 1.17. The van der Waals surface area contributed by atoms with E-state index in [4.69, 9.17) is 0 Å². The fourth-order valence-electron chi connectivity index (χ4n) is 3.74. The van der Waals surface area contributed by atoms with Gasteiger partial charge in [0.2, 0.25) is 0 Å². The molecular weight excluding hydrogens is 278 g/mol. The van der Waals surface area contributed by atoms with Crippen molar-refractivity contribution in [2.75, 3.05) is 0 Å². The van der Waals surface area contributed by atoms with Gasteiger partial charge in [-0.15, -0.1) is 0 Å². The summed E-state index contributed by atoms with van der Waals surface area (Å²) in [5, 5.41) is 5.50. The zero-order chi connectivity index (χ0) is 15.6. The molecule has 1 aromatic heterocycles. The van der Waals surface area contributed by atoms with Crippen LogP contribution in [0, 0.1) is 0 Å². The Hall–Kier alpha value is -2.28. The number of benzene rings is 3. The Bertz CT molecular complexity index is 962. The first kappa shape index (κ1) is 14.3. The van der Waals surface area contributed by atoms with E-state index in [2.05, 4.69) is 66.5 Å². The lowest BCUT2D eigenvalue weighted by molar-refractivity contribution is 0.668. The van der Waals surface area contributed by atoms with Crippen LogP contribution in [0.5, 0.6) is 0 Å². The average Bonchev–Trinajstić information content (AvgIpc) is 2.97. The molecule has 23 heavy (non-hydrogen) atoms. The Labute approximate surface area is 137 Å². The van der Waals surface area contributed by atoms with E-state index in [9.17, 15) is 0 Å². The van der Waals surface area contributed by atoms with Crippen LogP contribution in [0.15, 0.2) is 54.6 Å². The Morgan fingerprint density at radius 3 is 2.30 bits per heavy atom. The monoisotopic (exact) mass is 301 g/mol. The lowest BCUT2D eigenvalue weighted by atomic mass is 9.96. The lowest BCUT2D eigenvalue weighted by Crippen LogP contribution is -1.89. The fourth-order valence-corrected chi connectivity index (χ4v) is 3.74. The van der Waals surface area contributed by atoms with Gasteiger partial charge in [0, 0.05) is 21.8 Å². The third-order valence-corrected chi connectivity index (χ3v) is 4.90. The lowest BCUT2D eigenvalue weighted by Gasteiger charge is -2.08. The van der Waals surface area contributed by atoms with Gasteiger partial charge in [-0.2, -0.15) is 0 Å². The summed E-state index contributed by atoms with van der Waals surface area (Å²) in [6.45, 7) is 2.27. The topological polar surface area (TPSA) is 15.8 Å². The number of rotatable bonds is 5. The van der Waals surface area contributed by atoms with Crippen molar-refractivity contribution in [1.82, 2.24) is 4.98 Å². The molecule has 0 spiro atoms. The van der Waals surface area contributed by atoms with Crippen molar-refractivity contribution >= 4 is 32.6 Å². The standard InChI is InChI=1S/C22H23N/c1-2-3-4-5-10-16-15-21-22(18-12-7-6-11-17(16)18)19-13-8-9-14-20(19)23-21/h6-9,11-15,23H,2-5,10H2,1H3. The highest BCUT2D eigenvalue weighted by Gasteiger charge is 2.11. The molecule has 0 saturated heterocycles. The fraction of sp³-hybridized carbons (Fsp3) is 0.273. The number of H-pyrrole nitrogens is 1. The molecule has 0 aliphatic rings. The summed E-state index contributed by atoms with van der Waals surface area (Å²) in [6.07, 6.45) is 6.42. The first-order valence-corrected chi connectivity index (χ1v) is 8.79. The minimum atomic E-state index is 1.17. The highest BCUT2D eigenvalue weighted by molar-refractivity contribution is 6.20. The Morgan fingerprint density at radius 1 is 0.739 bits per heavy atom. The first-order valence-electron chi connectivity index (χ1n) is 8.79. The van der Waals surface area contributed by atoms with Crippen molar-refractivity contribution in [2.24, 2.45) is 0 Å². The van der Waals surface area contributed by atoms with Gasteiger partial charge in [-0.1, -0.05) is 68.7 Å². The summed E-state index contributed by atoms with van der Waals surface area (Å²) >= 11 is 0. The van der Waals surface area contributed by atoms with Crippen molar-refractivity contribution in [3.8, 4) is 0 Å². The Morgan fingerprint density at radius 2 is 1.48 bits per heavy atom. The normalized spacial score (nSPS) is 11.7. The van der Waals surface area contributed by atoms with Crippen molar-refractivity contribution in [3.63, 3.8) is 0 Å². The maximum atomic E-state index is 3.61. The van der Waals surface area contributed by atoms with E-state index >= 15 is 0 Å². The number of hydrogen-bond donors (Lipinski definition) is 1. The van der Waals surface area contributed by atoms with E-state index in [0.29, 0.717) is 0 Å². The molecule has 1 heterocycles. The molecule has 0 radical (unpaired) electrons. The third kappa shape index (κ3) is 2.50. The summed E-state index contributed by atoms with van der Waals surface area (Å²) in [5.41, 5.74) is 3.99. The van der Waals surface area contributed by atoms with Gasteiger partial charge in [0.05, 0.1) is 0 Å². The molecule has 0 saturated carbocycles. The second kappa shape index (κ2) is 6.08. The van der Waals surface area contributed by atoms with Crippen LogP contribution in [0.2, 0.25) is 0 Å². The summed E-state index contributed by atoms with van der Waals surface area (Å²) in [4.78, 5) is 3.61. The van der Waals surface area contributed by atoms with E-state index in [1.54, 1.807) is 0 Å². The van der Waals surface area contributed by atoms with Crippen LogP contribution in [0.3, 0.4) is 0 Å². The van der Waals surface area contributed by atoms with E-state index < -0.39 is 0 Å². The Kier molecular flexibility index (Phi) is 3.78. The van der Waals surface area contributed by atoms with Gasteiger partial charge < -0.3 is 4.98 Å². The maximum absolute atomic E-state index is 3.61. The van der Waals surface area contributed by atoms with Crippen LogP contribution in [0.25, 0.3) is 32.6 Å². The Balaban J connectivity index is 1.91. The first-order chi connectivity index (χ1) is 11.4. The molecule has 116 valence electrons. The molecule has 0 unspecified atom stereocenters.